The molecule has 0 fully saturated rings. The van der Waals surface area contributed by atoms with E-state index in [0.29, 0.717) is 5.69 Å². The predicted octanol–water partition coefficient (Wildman–Crippen LogP) is 1.42. The minimum atomic E-state index is 0.479. The summed E-state index contributed by atoms with van der Waals surface area (Å²) < 4.78 is 0. The van der Waals surface area contributed by atoms with Crippen molar-refractivity contribution >= 4 is 5.69 Å². The molecule has 1 radical (unpaired) electrons. The molecule has 2 nitrogen and oxygen atoms in total. The highest BCUT2D eigenvalue weighted by Gasteiger charge is 1.98. The fourth-order valence-electron chi connectivity index (χ4n) is 0.489. The van der Waals surface area contributed by atoms with Crippen LogP contribution < -0.4 is 5.18 Å². The molecule has 1 rings (SSSR count). The van der Waals surface area contributed by atoms with Crippen LogP contribution in [0.5, 0.6) is 0 Å². The largest absolute Gasteiger partial charge is 0.353 e. The molecule has 2 heteroatoms. The standard InChI is InChI=1S/C6H5NO/c8-7-6-4-2-1-3-5-6/h1-5H/q+1. The molecule has 0 amide bonds. The van der Waals surface area contributed by atoms with Gasteiger partial charge in [0.2, 0.25) is 0 Å². The highest BCUT2D eigenvalue weighted by atomic mass is 16.3. The van der Waals surface area contributed by atoms with Gasteiger partial charge in [0.25, 0.3) is 0 Å². The van der Waals surface area contributed by atoms with Gasteiger partial charge in [-0.1, -0.05) is 18.2 Å². The van der Waals surface area contributed by atoms with Crippen molar-refractivity contribution in [2.24, 2.45) is 0 Å². The Bertz CT molecular complexity index is 171. The minimum Gasteiger partial charge on any atom is -0.0618 e. The van der Waals surface area contributed by atoms with Crippen molar-refractivity contribution in [2.45, 2.75) is 0 Å². The van der Waals surface area contributed by atoms with E-state index in [4.69, 9.17) is 0 Å². The summed E-state index contributed by atoms with van der Waals surface area (Å²) >= 11 is 0. The van der Waals surface area contributed by atoms with E-state index in [1.165, 1.54) is 0 Å². The topological polar surface area (TPSA) is 31.2 Å². The molecule has 39 valence electrons. The predicted molar refractivity (Wildman–Crippen MR) is 31.6 cm³/mol. The lowest BCUT2D eigenvalue weighted by atomic mass is 10.3. The molecule has 1 aromatic carbocycles. The monoisotopic (exact) mass is 107 g/mol. The van der Waals surface area contributed by atoms with Gasteiger partial charge in [0, 0.05) is 12.1 Å². The highest BCUT2D eigenvalue weighted by molar-refractivity contribution is 5.33. The van der Waals surface area contributed by atoms with Crippen LogP contribution in [0.2, 0.25) is 0 Å². The van der Waals surface area contributed by atoms with Gasteiger partial charge < -0.3 is 0 Å². The van der Waals surface area contributed by atoms with E-state index in [0.717, 1.165) is 0 Å². The Morgan fingerprint density at radius 2 is 1.75 bits per heavy atom. The van der Waals surface area contributed by atoms with Crippen molar-refractivity contribution < 1.29 is 0 Å². The van der Waals surface area contributed by atoms with Crippen molar-refractivity contribution in [2.75, 3.05) is 0 Å². The molecule has 0 saturated carbocycles. The number of nitrogens with zero attached hydrogens (tertiary/aromatic N) is 1. The first kappa shape index (κ1) is 4.97. The van der Waals surface area contributed by atoms with E-state index in [2.05, 4.69) is 5.18 Å². The molecule has 0 N–H and O–H groups in total. The van der Waals surface area contributed by atoms with E-state index < -0.39 is 0 Å². The summed E-state index contributed by atoms with van der Waals surface area (Å²) in [6, 6.07) is 8.71. The van der Waals surface area contributed by atoms with Crippen molar-refractivity contribution in [1.29, 1.82) is 0 Å². The van der Waals surface area contributed by atoms with Crippen LogP contribution in [0.15, 0.2) is 30.3 Å². The highest BCUT2D eigenvalue weighted by Crippen LogP contribution is 2.00. The molecule has 0 bridgehead atoms. The summed E-state index contributed by atoms with van der Waals surface area (Å²) in [6.45, 7) is 0. The minimum absolute atomic E-state index is 0.479. The van der Waals surface area contributed by atoms with Crippen molar-refractivity contribution in [3.63, 3.8) is 0 Å². The van der Waals surface area contributed by atoms with Crippen molar-refractivity contribution in [1.82, 2.24) is 5.18 Å². The van der Waals surface area contributed by atoms with E-state index in [9.17, 15) is 4.91 Å². The zero-order chi connectivity index (χ0) is 5.82. The fraction of sp³-hybridized carbons (Fsp3) is 0. The summed E-state index contributed by atoms with van der Waals surface area (Å²) in [6.07, 6.45) is 0. The van der Waals surface area contributed by atoms with Crippen LogP contribution in [-0.4, -0.2) is 0 Å². The van der Waals surface area contributed by atoms with Crippen LogP contribution >= 0.6 is 0 Å². The number of nitroso groups, excluding NO2 is 1. The Kier molecular flexibility index (Phi) is 1.37. The number of benzene rings is 1. The molecule has 0 aliphatic heterocycles. The molecule has 0 aliphatic rings. The van der Waals surface area contributed by atoms with Crippen LogP contribution in [0.3, 0.4) is 0 Å². The molecule has 0 aromatic heterocycles. The SMILES string of the molecule is O=[N+]c1ccccc1. The summed E-state index contributed by atoms with van der Waals surface area (Å²) in [7, 11) is 0. The van der Waals surface area contributed by atoms with E-state index in [1.807, 2.05) is 6.07 Å². The second-order valence-electron chi connectivity index (χ2n) is 1.43. The Labute approximate surface area is 47.1 Å². The maximum absolute atomic E-state index is 9.76. The smallest absolute Gasteiger partial charge is 0.0618 e. The van der Waals surface area contributed by atoms with Gasteiger partial charge in [0.05, 0.1) is 0 Å². The third-order valence-electron chi connectivity index (χ3n) is 0.862. The van der Waals surface area contributed by atoms with Crippen molar-refractivity contribution in [3.05, 3.63) is 35.2 Å². The third-order valence-corrected chi connectivity index (χ3v) is 0.862. The summed E-state index contributed by atoms with van der Waals surface area (Å²) in [5.74, 6) is 0. The zero-order valence-corrected chi connectivity index (χ0v) is 4.24. The average molecular weight is 107 g/mol. The van der Waals surface area contributed by atoms with Crippen LogP contribution in [0.4, 0.5) is 5.69 Å². The third kappa shape index (κ3) is 0.904. The van der Waals surface area contributed by atoms with E-state index in [-0.39, 0.29) is 0 Å². The van der Waals surface area contributed by atoms with Gasteiger partial charge in [-0.3, -0.25) is 0 Å². The van der Waals surface area contributed by atoms with Crippen LogP contribution in [0.1, 0.15) is 0 Å². The lowest BCUT2D eigenvalue weighted by molar-refractivity contribution is 1.34. The molecular formula is C6H5NO+. The van der Waals surface area contributed by atoms with Crippen LogP contribution in [0, 0.1) is 4.91 Å². The Balaban J connectivity index is 2.99. The second kappa shape index (κ2) is 2.21. The maximum Gasteiger partial charge on any atom is 0.353 e. The molecule has 1 aromatic rings. The Morgan fingerprint density at radius 1 is 1.12 bits per heavy atom. The van der Waals surface area contributed by atoms with E-state index in [1.54, 1.807) is 24.3 Å². The molecule has 0 spiro atoms. The number of rotatable bonds is 1. The molecule has 8 heavy (non-hydrogen) atoms. The molecule has 0 aliphatic carbocycles. The van der Waals surface area contributed by atoms with Gasteiger partial charge in [-0.15, -0.1) is 0 Å². The number of hydrogen-bond acceptors (Lipinski definition) is 2. The van der Waals surface area contributed by atoms with E-state index >= 15 is 0 Å². The Morgan fingerprint density at radius 3 is 2.12 bits per heavy atom. The van der Waals surface area contributed by atoms with Crippen molar-refractivity contribution in [3.8, 4) is 0 Å². The maximum atomic E-state index is 9.76. The molecule has 0 atom stereocenters. The molecule has 0 saturated heterocycles. The number of hydrogen-bond donors (Lipinski definition) is 0. The normalized spacial score (nSPS) is 8.50. The second-order valence-corrected chi connectivity index (χ2v) is 1.43. The van der Waals surface area contributed by atoms with Gasteiger partial charge in [0.1, 0.15) is 4.91 Å². The van der Waals surface area contributed by atoms with Crippen LogP contribution in [-0.2, 0) is 0 Å². The quantitative estimate of drug-likeness (QED) is 0.534. The van der Waals surface area contributed by atoms with Gasteiger partial charge in [-0.05, 0) is 0 Å². The van der Waals surface area contributed by atoms with Gasteiger partial charge in [-0.2, -0.15) is 0 Å². The molecule has 0 heterocycles. The van der Waals surface area contributed by atoms with Crippen LogP contribution in [0.25, 0.3) is 0 Å². The first-order chi connectivity index (χ1) is 3.93. The van der Waals surface area contributed by atoms with Gasteiger partial charge >= 0.3 is 10.9 Å². The summed E-state index contributed by atoms with van der Waals surface area (Å²) in [5.41, 5.74) is 0.479. The molecule has 0 unspecified atom stereocenters. The lowest BCUT2D eigenvalue weighted by Gasteiger charge is -1.69. The van der Waals surface area contributed by atoms with Gasteiger partial charge in [0.15, 0.2) is 0 Å². The Hall–Kier alpha value is -1.18. The lowest BCUT2D eigenvalue weighted by Crippen LogP contribution is -1.69. The van der Waals surface area contributed by atoms with Gasteiger partial charge in [-0.25, -0.2) is 0 Å². The average Bonchev–Trinajstić information content (AvgIpc) is 1.90. The summed E-state index contributed by atoms with van der Waals surface area (Å²) in [5, 5.41) is 2.72. The first-order valence-electron chi connectivity index (χ1n) is 2.32. The fourth-order valence-corrected chi connectivity index (χ4v) is 0.489. The zero-order valence-electron chi connectivity index (χ0n) is 4.24. The first-order valence-corrected chi connectivity index (χ1v) is 2.32. The summed E-state index contributed by atoms with van der Waals surface area (Å²) in [4.78, 5) is 9.76. The molecular weight excluding hydrogens is 102 g/mol.